The van der Waals surface area contributed by atoms with E-state index in [2.05, 4.69) is 23.8 Å². The second kappa shape index (κ2) is 6.77. The quantitative estimate of drug-likeness (QED) is 0.865. The Labute approximate surface area is 123 Å². The maximum Gasteiger partial charge on any atom is 0.194 e. The van der Waals surface area contributed by atoms with Crippen molar-refractivity contribution in [3.8, 4) is 0 Å². The minimum atomic E-state index is -1.43. The molecule has 1 aromatic carbocycles. The average Bonchev–Trinajstić information content (AvgIpc) is 2.47. The molecule has 1 aliphatic rings. The first-order chi connectivity index (χ1) is 9.97. The fourth-order valence-corrected chi connectivity index (χ4v) is 2.96. The van der Waals surface area contributed by atoms with Crippen LogP contribution in [0.3, 0.4) is 0 Å². The highest BCUT2D eigenvalue weighted by Crippen LogP contribution is 2.26. The van der Waals surface area contributed by atoms with Crippen molar-refractivity contribution in [3.05, 3.63) is 35.1 Å². The van der Waals surface area contributed by atoms with E-state index in [4.69, 9.17) is 5.73 Å². The molecule has 21 heavy (non-hydrogen) atoms. The van der Waals surface area contributed by atoms with Crippen molar-refractivity contribution in [1.82, 2.24) is 9.80 Å². The molecule has 118 valence electrons. The van der Waals surface area contributed by atoms with Gasteiger partial charge in [0, 0.05) is 38.3 Å². The Kier molecular flexibility index (Phi) is 5.24. The number of rotatable bonds is 4. The van der Waals surface area contributed by atoms with Gasteiger partial charge in [-0.05, 0) is 31.2 Å². The van der Waals surface area contributed by atoms with Gasteiger partial charge in [-0.15, -0.1) is 0 Å². The maximum absolute atomic E-state index is 13.4. The first-order valence-corrected chi connectivity index (χ1v) is 7.26. The predicted octanol–water partition coefficient (Wildman–Crippen LogP) is 2.13. The first-order valence-electron chi connectivity index (χ1n) is 7.26. The monoisotopic (exact) mass is 301 g/mol. The van der Waals surface area contributed by atoms with E-state index in [0.717, 1.165) is 38.2 Å². The van der Waals surface area contributed by atoms with Gasteiger partial charge in [0.05, 0.1) is 0 Å². The topological polar surface area (TPSA) is 32.5 Å². The molecule has 2 unspecified atom stereocenters. The Bertz CT molecular complexity index is 472. The van der Waals surface area contributed by atoms with E-state index in [1.54, 1.807) is 0 Å². The van der Waals surface area contributed by atoms with Crippen molar-refractivity contribution < 1.29 is 13.2 Å². The molecular formula is C15H22F3N3. The van der Waals surface area contributed by atoms with Crippen LogP contribution in [0.15, 0.2) is 12.1 Å². The fraction of sp³-hybridized carbons (Fsp3) is 0.600. The Morgan fingerprint density at radius 3 is 2.38 bits per heavy atom. The Balaban J connectivity index is 2.23. The number of piperazine rings is 1. The molecule has 0 amide bonds. The minimum Gasteiger partial charge on any atom is -0.329 e. The van der Waals surface area contributed by atoms with Gasteiger partial charge in [0.15, 0.2) is 17.5 Å². The Hall–Kier alpha value is -1.11. The fourth-order valence-electron chi connectivity index (χ4n) is 2.96. The molecule has 2 atom stereocenters. The summed E-state index contributed by atoms with van der Waals surface area (Å²) in [6.07, 6.45) is 0.996. The molecule has 2 N–H and O–H groups in total. The summed E-state index contributed by atoms with van der Waals surface area (Å²) in [5.41, 5.74) is 6.20. The summed E-state index contributed by atoms with van der Waals surface area (Å²) < 4.78 is 39.9. The summed E-state index contributed by atoms with van der Waals surface area (Å²) in [6, 6.07) is 2.20. The number of benzene rings is 1. The molecule has 2 rings (SSSR count). The number of hydrogen-bond donors (Lipinski definition) is 1. The molecule has 0 radical (unpaired) electrons. The predicted molar refractivity (Wildman–Crippen MR) is 76.4 cm³/mol. The van der Waals surface area contributed by atoms with Gasteiger partial charge in [-0.3, -0.25) is 4.90 Å². The van der Waals surface area contributed by atoms with Crippen LogP contribution in [0.25, 0.3) is 0 Å². The second-order valence-electron chi connectivity index (χ2n) is 5.59. The zero-order valence-corrected chi connectivity index (χ0v) is 12.5. The van der Waals surface area contributed by atoms with E-state index >= 15 is 0 Å². The molecule has 0 spiro atoms. The number of nitrogens with two attached hydrogens (primary N) is 1. The highest BCUT2D eigenvalue weighted by atomic mass is 19.2. The van der Waals surface area contributed by atoms with E-state index in [0.29, 0.717) is 11.6 Å². The molecule has 0 saturated carbocycles. The summed E-state index contributed by atoms with van der Waals surface area (Å²) >= 11 is 0. The second-order valence-corrected chi connectivity index (χ2v) is 5.59. The lowest BCUT2D eigenvalue weighted by atomic mass is 10.0. The smallest absolute Gasteiger partial charge is 0.194 e. The summed E-state index contributed by atoms with van der Waals surface area (Å²) in [7, 11) is 2.07. The lowest BCUT2D eigenvalue weighted by Gasteiger charge is -2.42. The molecule has 6 heteroatoms. The normalized spacial score (nSPS) is 22.5. The molecule has 1 heterocycles. The Morgan fingerprint density at radius 1 is 1.24 bits per heavy atom. The maximum atomic E-state index is 13.4. The van der Waals surface area contributed by atoms with Crippen LogP contribution in [-0.4, -0.2) is 49.1 Å². The first kappa shape index (κ1) is 16.3. The van der Waals surface area contributed by atoms with E-state index in [1.165, 1.54) is 0 Å². The number of nitrogens with zero attached hydrogens (tertiary/aromatic N) is 2. The SMILES string of the molecule is CCC1CN(C(CN)c2cc(F)c(F)c(F)c2)CCN1C. The van der Waals surface area contributed by atoms with Crippen molar-refractivity contribution in [2.24, 2.45) is 5.73 Å². The van der Waals surface area contributed by atoms with E-state index in [-0.39, 0.29) is 12.6 Å². The van der Waals surface area contributed by atoms with Crippen LogP contribution in [0, 0.1) is 17.5 Å². The van der Waals surface area contributed by atoms with Crippen molar-refractivity contribution in [3.63, 3.8) is 0 Å². The average molecular weight is 301 g/mol. The molecule has 3 nitrogen and oxygen atoms in total. The highest BCUT2D eigenvalue weighted by molar-refractivity contribution is 5.23. The van der Waals surface area contributed by atoms with Gasteiger partial charge in [-0.1, -0.05) is 6.92 Å². The van der Waals surface area contributed by atoms with E-state index in [9.17, 15) is 13.2 Å². The summed E-state index contributed by atoms with van der Waals surface area (Å²) in [5.74, 6) is -3.76. The van der Waals surface area contributed by atoms with Gasteiger partial charge >= 0.3 is 0 Å². The third kappa shape index (κ3) is 3.39. The number of likely N-dealkylation sites (N-methyl/N-ethyl adjacent to an activating group) is 1. The lowest BCUT2D eigenvalue weighted by molar-refractivity contribution is 0.0641. The zero-order valence-electron chi connectivity index (χ0n) is 12.5. The van der Waals surface area contributed by atoms with Crippen LogP contribution in [0.5, 0.6) is 0 Å². The summed E-state index contributed by atoms with van der Waals surface area (Å²) in [5, 5.41) is 0. The van der Waals surface area contributed by atoms with Crippen LogP contribution < -0.4 is 5.73 Å². The Morgan fingerprint density at radius 2 is 1.86 bits per heavy atom. The molecule has 1 aliphatic heterocycles. The van der Waals surface area contributed by atoms with Crippen LogP contribution in [-0.2, 0) is 0 Å². The number of halogens is 3. The molecule has 0 aliphatic carbocycles. The highest BCUT2D eigenvalue weighted by Gasteiger charge is 2.29. The van der Waals surface area contributed by atoms with Crippen LogP contribution in [0.2, 0.25) is 0 Å². The van der Waals surface area contributed by atoms with Gasteiger partial charge in [-0.2, -0.15) is 0 Å². The van der Waals surface area contributed by atoms with Crippen LogP contribution >= 0.6 is 0 Å². The van der Waals surface area contributed by atoms with E-state index in [1.807, 2.05) is 0 Å². The molecule has 0 aromatic heterocycles. The molecular weight excluding hydrogens is 279 g/mol. The van der Waals surface area contributed by atoms with E-state index < -0.39 is 17.5 Å². The summed E-state index contributed by atoms with van der Waals surface area (Å²) in [4.78, 5) is 4.40. The minimum absolute atomic E-state index is 0.241. The third-order valence-corrected chi connectivity index (χ3v) is 4.33. The largest absolute Gasteiger partial charge is 0.329 e. The zero-order chi connectivity index (χ0) is 15.6. The lowest BCUT2D eigenvalue weighted by Crippen LogP contribution is -2.53. The van der Waals surface area contributed by atoms with Crippen molar-refractivity contribution >= 4 is 0 Å². The van der Waals surface area contributed by atoms with Gasteiger partial charge in [0.1, 0.15) is 0 Å². The van der Waals surface area contributed by atoms with Gasteiger partial charge < -0.3 is 10.6 Å². The molecule has 0 bridgehead atoms. The summed E-state index contributed by atoms with van der Waals surface area (Å²) in [6.45, 7) is 4.79. The van der Waals surface area contributed by atoms with Crippen molar-refractivity contribution in [2.75, 3.05) is 33.2 Å². The van der Waals surface area contributed by atoms with Gasteiger partial charge in [-0.25, -0.2) is 13.2 Å². The van der Waals surface area contributed by atoms with Crippen LogP contribution in [0.4, 0.5) is 13.2 Å². The van der Waals surface area contributed by atoms with Gasteiger partial charge in [0.2, 0.25) is 0 Å². The standard InChI is InChI=1S/C15H22F3N3/c1-3-11-9-21(5-4-20(11)2)14(8-19)10-6-12(16)15(18)13(17)7-10/h6-7,11,14H,3-5,8-9,19H2,1-2H3. The van der Waals surface area contributed by atoms with Crippen LogP contribution in [0.1, 0.15) is 24.9 Å². The molecule has 1 saturated heterocycles. The molecule has 1 aromatic rings. The number of hydrogen-bond acceptors (Lipinski definition) is 3. The van der Waals surface area contributed by atoms with Crippen molar-refractivity contribution in [2.45, 2.75) is 25.4 Å². The third-order valence-electron chi connectivity index (χ3n) is 4.33. The van der Waals surface area contributed by atoms with Gasteiger partial charge in [0.25, 0.3) is 0 Å². The molecule has 1 fully saturated rings. The van der Waals surface area contributed by atoms with Crippen molar-refractivity contribution in [1.29, 1.82) is 0 Å².